The van der Waals surface area contributed by atoms with Crippen LogP contribution in [-0.2, 0) is 23.6 Å². The maximum absolute atomic E-state index is 13.8. The van der Waals surface area contributed by atoms with Crippen LogP contribution in [0.5, 0.6) is 0 Å². The van der Waals surface area contributed by atoms with Crippen molar-refractivity contribution in [1.82, 2.24) is 24.6 Å². The topological polar surface area (TPSA) is 62.9 Å². The zero-order chi connectivity index (χ0) is 34.8. The number of aromatic amines is 1. The molecule has 266 valence electrons. The standard InChI is InChI=1S/C36H43F6N5O2/c37-35(38,39)27-19-25(20-28(22-27)36(40,41)42)34(49)47-18-17-44(24-30(47)21-26-23-43-32-8-3-2-7-31(26)32)12-6-9-33(48)46-15-10-29(11-16-46)45-13-4-1-5-14-45/h2-3,7-8,19-20,22-23,29-30,43H,1,4-6,9-18,21,24H2/t30-/m1/s1. The number of carbonyl (C=O) groups excluding carboxylic acids is 2. The van der Waals surface area contributed by atoms with Gasteiger partial charge in [0.25, 0.3) is 5.91 Å². The molecule has 1 N–H and O–H groups in total. The summed E-state index contributed by atoms with van der Waals surface area (Å²) in [5.41, 5.74) is -1.90. The highest BCUT2D eigenvalue weighted by Gasteiger charge is 2.39. The molecule has 3 aromatic rings. The van der Waals surface area contributed by atoms with Gasteiger partial charge in [-0.05, 0) is 88.0 Å². The number of piperazine rings is 1. The molecule has 4 heterocycles. The van der Waals surface area contributed by atoms with Gasteiger partial charge in [-0.2, -0.15) is 26.3 Å². The highest BCUT2D eigenvalue weighted by atomic mass is 19.4. The predicted octanol–water partition coefficient (Wildman–Crippen LogP) is 6.83. The lowest BCUT2D eigenvalue weighted by atomic mass is 9.98. The summed E-state index contributed by atoms with van der Waals surface area (Å²) < 4.78 is 81.8. The molecule has 3 aliphatic heterocycles. The number of piperidine rings is 2. The minimum atomic E-state index is -5.06. The van der Waals surface area contributed by atoms with E-state index in [0.717, 1.165) is 55.5 Å². The van der Waals surface area contributed by atoms with Crippen molar-refractivity contribution < 1.29 is 35.9 Å². The summed E-state index contributed by atoms with van der Waals surface area (Å²) in [7, 11) is 0. The summed E-state index contributed by atoms with van der Waals surface area (Å²) in [6, 6.07) is 8.68. The van der Waals surface area contributed by atoms with Gasteiger partial charge in [-0.15, -0.1) is 0 Å². The molecule has 0 aliphatic carbocycles. The number of amides is 2. The van der Waals surface area contributed by atoms with E-state index < -0.39 is 41.0 Å². The van der Waals surface area contributed by atoms with Crippen molar-refractivity contribution in [2.75, 3.05) is 52.4 Å². The molecule has 0 unspecified atom stereocenters. The summed E-state index contributed by atoms with van der Waals surface area (Å²) in [5, 5.41) is 0.931. The van der Waals surface area contributed by atoms with Crippen molar-refractivity contribution in [2.45, 2.75) is 75.8 Å². The van der Waals surface area contributed by atoms with E-state index in [1.54, 1.807) is 0 Å². The lowest BCUT2D eigenvalue weighted by Gasteiger charge is -2.42. The molecule has 2 amide bonds. The Hall–Kier alpha value is -3.58. The minimum absolute atomic E-state index is 0.0381. The quantitative estimate of drug-likeness (QED) is 0.263. The molecular weight excluding hydrogens is 648 g/mol. The normalized spacial score (nSPS) is 20.7. The van der Waals surface area contributed by atoms with Crippen molar-refractivity contribution in [2.24, 2.45) is 0 Å². The van der Waals surface area contributed by atoms with Gasteiger partial charge in [0.15, 0.2) is 0 Å². The fourth-order valence-electron chi connectivity index (χ4n) is 7.74. The molecule has 1 aromatic heterocycles. The fraction of sp³-hybridized carbons (Fsp3) is 0.556. The third-order valence-corrected chi connectivity index (χ3v) is 10.4. The van der Waals surface area contributed by atoms with Gasteiger partial charge in [0.05, 0.1) is 11.1 Å². The molecular formula is C36H43F6N5O2. The number of fused-ring (bicyclic) bond motifs is 1. The highest BCUT2D eigenvalue weighted by molar-refractivity contribution is 5.95. The number of hydrogen-bond acceptors (Lipinski definition) is 4. The van der Waals surface area contributed by atoms with Crippen LogP contribution in [0, 0.1) is 0 Å². The summed E-state index contributed by atoms with van der Waals surface area (Å²) in [6.45, 7) is 5.28. The molecule has 6 rings (SSSR count). The first-order valence-electron chi connectivity index (χ1n) is 17.3. The maximum atomic E-state index is 13.8. The van der Waals surface area contributed by atoms with Gasteiger partial charge < -0.3 is 19.7 Å². The maximum Gasteiger partial charge on any atom is 0.416 e. The molecule has 2 aromatic carbocycles. The minimum Gasteiger partial charge on any atom is -0.361 e. The molecule has 0 spiro atoms. The number of H-pyrrole nitrogens is 1. The number of likely N-dealkylation sites (tertiary alicyclic amines) is 2. The number of nitrogens with one attached hydrogen (secondary N) is 1. The molecule has 0 saturated carbocycles. The van der Waals surface area contributed by atoms with Crippen LogP contribution in [-0.4, -0.2) is 101 Å². The van der Waals surface area contributed by atoms with Gasteiger partial charge in [-0.3, -0.25) is 14.5 Å². The lowest BCUT2D eigenvalue weighted by molar-refractivity contribution is -0.143. The Morgan fingerprint density at radius 2 is 1.49 bits per heavy atom. The Labute approximate surface area is 282 Å². The van der Waals surface area contributed by atoms with Crippen LogP contribution in [0.4, 0.5) is 26.3 Å². The van der Waals surface area contributed by atoms with Gasteiger partial charge in [-0.25, -0.2) is 0 Å². The van der Waals surface area contributed by atoms with Crippen molar-refractivity contribution in [3.8, 4) is 0 Å². The van der Waals surface area contributed by atoms with Crippen LogP contribution < -0.4 is 0 Å². The molecule has 49 heavy (non-hydrogen) atoms. The summed E-state index contributed by atoms with van der Waals surface area (Å²) in [4.78, 5) is 38.1. The number of carbonyl (C=O) groups is 2. The largest absolute Gasteiger partial charge is 0.416 e. The molecule has 0 radical (unpaired) electrons. The zero-order valence-corrected chi connectivity index (χ0v) is 27.5. The van der Waals surface area contributed by atoms with E-state index in [9.17, 15) is 35.9 Å². The second-order valence-corrected chi connectivity index (χ2v) is 13.6. The third kappa shape index (κ3) is 8.42. The smallest absolute Gasteiger partial charge is 0.361 e. The van der Waals surface area contributed by atoms with Gasteiger partial charge >= 0.3 is 12.4 Å². The summed E-state index contributed by atoms with van der Waals surface area (Å²) >= 11 is 0. The number of para-hydroxylation sites is 1. The number of benzene rings is 2. The lowest BCUT2D eigenvalue weighted by Crippen LogP contribution is -2.56. The molecule has 3 aliphatic rings. The molecule has 3 saturated heterocycles. The number of aromatic nitrogens is 1. The Morgan fingerprint density at radius 1 is 0.816 bits per heavy atom. The van der Waals surface area contributed by atoms with Crippen LogP contribution in [0.3, 0.4) is 0 Å². The van der Waals surface area contributed by atoms with Gasteiger partial charge in [0, 0.05) is 73.9 Å². The van der Waals surface area contributed by atoms with E-state index in [2.05, 4.69) is 14.8 Å². The van der Waals surface area contributed by atoms with Crippen LogP contribution in [0.15, 0.2) is 48.7 Å². The van der Waals surface area contributed by atoms with E-state index >= 15 is 0 Å². The zero-order valence-electron chi connectivity index (χ0n) is 27.5. The summed E-state index contributed by atoms with van der Waals surface area (Å²) in [6.07, 6.45) is -1.16. The molecule has 3 fully saturated rings. The average molecular weight is 692 g/mol. The number of hydrogen-bond donors (Lipinski definition) is 1. The average Bonchev–Trinajstić information content (AvgIpc) is 3.50. The van der Waals surface area contributed by atoms with E-state index in [-0.39, 0.29) is 18.5 Å². The Balaban J connectivity index is 1.13. The number of rotatable bonds is 8. The second-order valence-electron chi connectivity index (χ2n) is 13.6. The van der Waals surface area contributed by atoms with Crippen molar-refractivity contribution in [3.63, 3.8) is 0 Å². The van der Waals surface area contributed by atoms with Crippen LogP contribution in [0.25, 0.3) is 10.9 Å². The summed E-state index contributed by atoms with van der Waals surface area (Å²) in [5.74, 6) is -0.740. The first-order chi connectivity index (χ1) is 23.4. The van der Waals surface area contributed by atoms with Crippen molar-refractivity contribution >= 4 is 22.7 Å². The number of nitrogens with zero attached hydrogens (tertiary/aromatic N) is 4. The van der Waals surface area contributed by atoms with Crippen LogP contribution in [0.1, 0.15) is 72.0 Å². The van der Waals surface area contributed by atoms with E-state index in [4.69, 9.17) is 0 Å². The molecule has 1 atom stereocenters. The SMILES string of the molecule is O=C(CCCN1CCN(C(=O)c2cc(C(F)(F)F)cc(C(F)(F)F)c2)[C@H](Cc2c[nH]c3ccccc23)C1)N1CCC(N2CCCCC2)CC1. The van der Waals surface area contributed by atoms with E-state index in [0.29, 0.717) is 57.1 Å². The fourth-order valence-corrected chi connectivity index (χ4v) is 7.74. The van der Waals surface area contributed by atoms with Gasteiger partial charge in [0.1, 0.15) is 0 Å². The van der Waals surface area contributed by atoms with Crippen molar-refractivity contribution in [1.29, 1.82) is 0 Å². The first kappa shape index (κ1) is 35.3. The third-order valence-electron chi connectivity index (χ3n) is 10.4. The number of alkyl halides is 6. The van der Waals surface area contributed by atoms with Crippen molar-refractivity contribution in [3.05, 3.63) is 70.9 Å². The first-order valence-corrected chi connectivity index (χ1v) is 17.3. The molecule has 7 nitrogen and oxygen atoms in total. The van der Waals surface area contributed by atoms with E-state index in [1.807, 2.05) is 35.4 Å². The molecule has 0 bridgehead atoms. The van der Waals surface area contributed by atoms with Gasteiger partial charge in [0.2, 0.25) is 5.91 Å². The highest BCUT2D eigenvalue weighted by Crippen LogP contribution is 2.37. The Bertz CT molecular complexity index is 1570. The van der Waals surface area contributed by atoms with Crippen LogP contribution >= 0.6 is 0 Å². The molecule has 13 heteroatoms. The van der Waals surface area contributed by atoms with Gasteiger partial charge in [-0.1, -0.05) is 24.6 Å². The van der Waals surface area contributed by atoms with E-state index in [1.165, 1.54) is 24.2 Å². The monoisotopic (exact) mass is 691 g/mol. The Morgan fingerprint density at radius 3 is 2.16 bits per heavy atom. The second kappa shape index (κ2) is 14.7. The predicted molar refractivity (Wildman–Crippen MR) is 174 cm³/mol. The number of halogens is 6. The van der Waals surface area contributed by atoms with Crippen LogP contribution in [0.2, 0.25) is 0 Å². The Kier molecular flexibility index (Phi) is 10.6.